The molecule has 2 heterocycles. The van der Waals surface area contributed by atoms with Crippen LogP contribution in [0.2, 0.25) is 18.6 Å². The maximum Gasteiger partial charge on any atom is 0.268 e. The summed E-state index contributed by atoms with van der Waals surface area (Å²) in [6.45, 7) is 4.98. The van der Waals surface area contributed by atoms with Crippen LogP contribution >= 0.6 is 0 Å². The van der Waals surface area contributed by atoms with Crippen molar-refractivity contribution in [3.8, 4) is 0 Å². The van der Waals surface area contributed by atoms with Gasteiger partial charge < -0.3 is 19.3 Å². The first-order chi connectivity index (χ1) is 17.7. The quantitative estimate of drug-likeness (QED) is 0.321. The maximum atomic E-state index is 15.7. The largest absolute Gasteiger partial charge is 0.396 e. The standard InChI is InChI=1S/C29H31FN2O4Si/c1-19-26(37(2,3)30)25(16-17-33)36-29(19)23-18-21(31-27(34)20-10-6-4-7-11-20)14-15-24(23)32(28(29)35)22-12-8-5-9-13-22/h4-15,18-19,25-26,33H,16-17H2,1-3H3,(H,31,34)/t19-,25+,26-,29+/m0/s1. The molecule has 2 N–H and O–H groups in total. The Kier molecular flexibility index (Phi) is 6.51. The summed E-state index contributed by atoms with van der Waals surface area (Å²) in [5.74, 6) is -1.03. The number of ether oxygens (including phenoxy) is 1. The van der Waals surface area contributed by atoms with Crippen LogP contribution in [0.15, 0.2) is 78.9 Å². The Morgan fingerprint density at radius 1 is 1.08 bits per heavy atom. The normalized spacial score (nSPS) is 24.9. The summed E-state index contributed by atoms with van der Waals surface area (Å²) < 4.78 is 22.3. The van der Waals surface area contributed by atoms with Crippen molar-refractivity contribution in [3.05, 3.63) is 90.0 Å². The second-order valence-electron chi connectivity index (χ2n) is 10.3. The molecule has 0 radical (unpaired) electrons. The van der Waals surface area contributed by atoms with E-state index in [-0.39, 0.29) is 24.8 Å². The lowest BCUT2D eigenvalue weighted by atomic mass is 9.82. The SMILES string of the molecule is C[C@H]1[C@H]([Si](C)(C)F)[C@@H](CCO)O[C@]12C(=O)N(c1ccccc1)c1ccc(NC(=O)c3ccccc3)cc12. The van der Waals surface area contributed by atoms with E-state index >= 15 is 4.11 Å². The highest BCUT2D eigenvalue weighted by Gasteiger charge is 2.66. The van der Waals surface area contributed by atoms with Crippen molar-refractivity contribution in [3.63, 3.8) is 0 Å². The zero-order valence-corrected chi connectivity index (χ0v) is 22.1. The minimum Gasteiger partial charge on any atom is -0.396 e. The van der Waals surface area contributed by atoms with Gasteiger partial charge in [-0.2, -0.15) is 0 Å². The van der Waals surface area contributed by atoms with Gasteiger partial charge in [-0.1, -0.05) is 43.3 Å². The molecule has 0 unspecified atom stereocenters. The minimum atomic E-state index is -3.29. The van der Waals surface area contributed by atoms with Crippen LogP contribution in [-0.2, 0) is 15.1 Å². The molecule has 0 bridgehead atoms. The van der Waals surface area contributed by atoms with E-state index in [1.807, 2.05) is 43.3 Å². The molecule has 1 spiro atoms. The van der Waals surface area contributed by atoms with Crippen molar-refractivity contribution in [2.24, 2.45) is 5.92 Å². The van der Waals surface area contributed by atoms with Gasteiger partial charge in [0.15, 0.2) is 5.60 Å². The van der Waals surface area contributed by atoms with E-state index in [1.54, 1.807) is 60.5 Å². The number of nitrogens with zero attached hydrogens (tertiary/aromatic N) is 1. The van der Waals surface area contributed by atoms with Gasteiger partial charge in [-0.25, -0.2) is 0 Å². The molecule has 1 saturated heterocycles. The van der Waals surface area contributed by atoms with Gasteiger partial charge in [0.1, 0.15) is 0 Å². The van der Waals surface area contributed by atoms with Crippen LogP contribution in [-0.4, -0.2) is 38.0 Å². The fourth-order valence-corrected chi connectivity index (χ4v) is 8.62. The zero-order valence-electron chi connectivity index (χ0n) is 21.1. The summed E-state index contributed by atoms with van der Waals surface area (Å²) in [5.41, 5.74) is 1.03. The van der Waals surface area contributed by atoms with Crippen LogP contribution in [0.5, 0.6) is 0 Å². The summed E-state index contributed by atoms with van der Waals surface area (Å²) in [4.78, 5) is 28.8. The lowest BCUT2D eigenvalue weighted by Gasteiger charge is -2.31. The number of aliphatic hydroxyl groups is 1. The number of carbonyl (C=O) groups excluding carboxylic acids is 2. The van der Waals surface area contributed by atoms with Gasteiger partial charge in [-0.15, -0.1) is 0 Å². The number of benzene rings is 3. The van der Waals surface area contributed by atoms with Gasteiger partial charge in [0.2, 0.25) is 8.41 Å². The molecule has 6 nitrogen and oxygen atoms in total. The average Bonchev–Trinajstić information content (AvgIpc) is 3.31. The molecule has 0 aromatic heterocycles. The molecule has 2 amide bonds. The summed E-state index contributed by atoms with van der Waals surface area (Å²) in [6, 6.07) is 23.5. The van der Waals surface area contributed by atoms with Gasteiger partial charge in [-0.05, 0) is 62.0 Å². The maximum absolute atomic E-state index is 15.7. The summed E-state index contributed by atoms with van der Waals surface area (Å²) in [7, 11) is -3.29. The van der Waals surface area contributed by atoms with Crippen molar-refractivity contribution in [2.45, 2.75) is 43.7 Å². The monoisotopic (exact) mass is 518 g/mol. The Balaban J connectivity index is 1.64. The third-order valence-electron chi connectivity index (χ3n) is 7.59. The minimum absolute atomic E-state index is 0.162. The number of anilines is 3. The molecule has 192 valence electrons. The second kappa shape index (κ2) is 9.52. The highest BCUT2D eigenvalue weighted by Crippen LogP contribution is 2.61. The molecule has 0 aliphatic carbocycles. The lowest BCUT2D eigenvalue weighted by molar-refractivity contribution is -0.145. The number of carbonyl (C=O) groups is 2. The van der Waals surface area contributed by atoms with Crippen molar-refractivity contribution in [1.82, 2.24) is 0 Å². The topological polar surface area (TPSA) is 78.9 Å². The number of fused-ring (bicyclic) bond motifs is 2. The molecule has 4 atom stereocenters. The average molecular weight is 519 g/mol. The Hall–Kier alpha value is -3.33. The number of hydrogen-bond donors (Lipinski definition) is 2. The lowest BCUT2D eigenvalue weighted by Crippen LogP contribution is -2.44. The van der Waals surface area contributed by atoms with Gasteiger partial charge >= 0.3 is 0 Å². The smallest absolute Gasteiger partial charge is 0.268 e. The molecule has 2 aliphatic heterocycles. The van der Waals surface area contributed by atoms with E-state index in [9.17, 15) is 14.7 Å². The molecule has 3 aromatic carbocycles. The molecule has 2 aliphatic rings. The highest BCUT2D eigenvalue weighted by atomic mass is 28.4. The van der Waals surface area contributed by atoms with E-state index in [2.05, 4.69) is 5.32 Å². The molecule has 5 rings (SSSR count). The summed E-state index contributed by atoms with van der Waals surface area (Å²) in [5, 5.41) is 12.7. The molecule has 3 aromatic rings. The molecule has 0 saturated carbocycles. The summed E-state index contributed by atoms with van der Waals surface area (Å²) in [6.07, 6.45) is -0.350. The van der Waals surface area contributed by atoms with Crippen LogP contribution in [0.4, 0.5) is 21.2 Å². The second-order valence-corrected chi connectivity index (χ2v) is 14.1. The Morgan fingerprint density at radius 2 is 1.73 bits per heavy atom. The predicted octanol–water partition coefficient (Wildman–Crippen LogP) is 5.77. The molecular weight excluding hydrogens is 487 g/mol. The first kappa shape index (κ1) is 25.3. The fraction of sp³-hybridized carbons (Fsp3) is 0.310. The van der Waals surface area contributed by atoms with Crippen LogP contribution < -0.4 is 10.2 Å². The Morgan fingerprint density at radius 3 is 2.35 bits per heavy atom. The van der Waals surface area contributed by atoms with Crippen molar-refractivity contribution in [1.29, 1.82) is 0 Å². The Bertz CT molecular complexity index is 1310. The molecule has 8 heteroatoms. The van der Waals surface area contributed by atoms with E-state index in [0.717, 1.165) is 0 Å². The van der Waals surface area contributed by atoms with Gasteiger partial charge in [0.05, 0.1) is 11.8 Å². The molecule has 1 fully saturated rings. The third kappa shape index (κ3) is 4.19. The van der Waals surface area contributed by atoms with Crippen LogP contribution in [0, 0.1) is 5.92 Å². The first-order valence-electron chi connectivity index (χ1n) is 12.6. The number of para-hydroxylation sites is 1. The van der Waals surface area contributed by atoms with E-state index in [1.165, 1.54) is 0 Å². The zero-order chi connectivity index (χ0) is 26.4. The summed E-state index contributed by atoms with van der Waals surface area (Å²) >= 11 is 0. The van der Waals surface area contributed by atoms with Gasteiger partial charge in [0, 0.05) is 40.6 Å². The number of rotatable bonds is 6. The van der Waals surface area contributed by atoms with E-state index < -0.39 is 31.6 Å². The predicted molar refractivity (Wildman–Crippen MR) is 144 cm³/mol. The van der Waals surface area contributed by atoms with Crippen molar-refractivity contribution < 1.29 is 23.5 Å². The van der Waals surface area contributed by atoms with Gasteiger partial charge in [0.25, 0.3) is 11.8 Å². The number of amides is 2. The van der Waals surface area contributed by atoms with Crippen LogP contribution in [0.3, 0.4) is 0 Å². The molecular formula is C29H31FN2O4Si. The van der Waals surface area contributed by atoms with E-state index in [0.29, 0.717) is 28.2 Å². The van der Waals surface area contributed by atoms with Crippen LogP contribution in [0.25, 0.3) is 0 Å². The fourth-order valence-electron chi connectivity index (χ4n) is 6.07. The third-order valence-corrected chi connectivity index (χ3v) is 10.0. The number of nitrogens with one attached hydrogen (secondary N) is 1. The number of halogens is 1. The van der Waals surface area contributed by atoms with E-state index in [4.69, 9.17) is 4.74 Å². The van der Waals surface area contributed by atoms with Crippen molar-refractivity contribution in [2.75, 3.05) is 16.8 Å². The first-order valence-corrected chi connectivity index (χ1v) is 15.5. The van der Waals surface area contributed by atoms with Crippen LogP contribution in [0.1, 0.15) is 29.3 Å². The molecule has 37 heavy (non-hydrogen) atoms. The number of hydrogen-bond acceptors (Lipinski definition) is 4. The highest BCUT2D eigenvalue weighted by molar-refractivity contribution is 6.72. The van der Waals surface area contributed by atoms with Gasteiger partial charge in [-0.3, -0.25) is 14.5 Å². The van der Waals surface area contributed by atoms with Crippen molar-refractivity contribution >= 4 is 37.3 Å². The number of aliphatic hydroxyl groups excluding tert-OH is 1. The Labute approximate surface area is 217 Å².